The predicted molar refractivity (Wildman–Crippen MR) is 64.0 cm³/mol. The fraction of sp³-hybridized carbons (Fsp3) is 0.917. The molecule has 0 aromatic carbocycles. The van der Waals surface area contributed by atoms with Crippen molar-refractivity contribution < 1.29 is 0 Å². The fourth-order valence-corrected chi connectivity index (χ4v) is 1.50. The first-order valence-electron chi connectivity index (χ1n) is 5.89. The first-order valence-corrected chi connectivity index (χ1v) is 5.89. The van der Waals surface area contributed by atoms with E-state index in [4.69, 9.17) is 5.73 Å². The third-order valence-electron chi connectivity index (χ3n) is 2.66. The van der Waals surface area contributed by atoms with Crippen LogP contribution in [-0.2, 0) is 0 Å². The standard InChI is InChI=1S/C12H27N2/c1-4-5-6-7-8-9-10-11-12(13)14(2)3/h12H,1,4-11,13H2,2-3H3. The van der Waals surface area contributed by atoms with Crippen molar-refractivity contribution in [3.8, 4) is 0 Å². The van der Waals surface area contributed by atoms with Crippen molar-refractivity contribution in [1.82, 2.24) is 4.90 Å². The molecule has 2 heteroatoms. The van der Waals surface area contributed by atoms with Gasteiger partial charge in [0.05, 0.1) is 6.17 Å². The van der Waals surface area contributed by atoms with Crippen LogP contribution in [0, 0.1) is 6.92 Å². The van der Waals surface area contributed by atoms with Gasteiger partial charge in [0.1, 0.15) is 0 Å². The van der Waals surface area contributed by atoms with E-state index in [2.05, 4.69) is 11.8 Å². The van der Waals surface area contributed by atoms with Crippen LogP contribution in [0.1, 0.15) is 51.4 Å². The Balaban J connectivity index is 3.06. The number of rotatable bonds is 9. The maximum atomic E-state index is 5.90. The summed E-state index contributed by atoms with van der Waals surface area (Å²) >= 11 is 0. The number of nitrogens with zero attached hydrogens (tertiary/aromatic N) is 1. The molecule has 0 saturated heterocycles. The normalized spacial score (nSPS) is 13.5. The maximum absolute atomic E-state index is 5.90. The second-order valence-electron chi connectivity index (χ2n) is 4.29. The topological polar surface area (TPSA) is 29.3 Å². The van der Waals surface area contributed by atoms with E-state index in [-0.39, 0.29) is 6.17 Å². The van der Waals surface area contributed by atoms with Crippen molar-refractivity contribution in [2.75, 3.05) is 14.1 Å². The molecule has 0 bridgehead atoms. The van der Waals surface area contributed by atoms with Crippen molar-refractivity contribution in [3.63, 3.8) is 0 Å². The van der Waals surface area contributed by atoms with Crippen LogP contribution in [0.15, 0.2) is 0 Å². The van der Waals surface area contributed by atoms with Gasteiger partial charge >= 0.3 is 0 Å². The molecule has 0 spiro atoms. The highest BCUT2D eigenvalue weighted by Crippen LogP contribution is 2.09. The van der Waals surface area contributed by atoms with Gasteiger partial charge in [-0.05, 0) is 20.5 Å². The Morgan fingerprint density at radius 2 is 1.50 bits per heavy atom. The largest absolute Gasteiger partial charge is 0.316 e. The molecule has 0 rings (SSSR count). The molecule has 0 fully saturated rings. The summed E-state index contributed by atoms with van der Waals surface area (Å²) in [7, 11) is 4.08. The molecule has 2 N–H and O–H groups in total. The highest BCUT2D eigenvalue weighted by Gasteiger charge is 2.03. The number of hydrogen-bond donors (Lipinski definition) is 1. The minimum atomic E-state index is 0.245. The smallest absolute Gasteiger partial charge is 0.0566 e. The van der Waals surface area contributed by atoms with Gasteiger partial charge in [0.2, 0.25) is 0 Å². The number of unbranched alkanes of at least 4 members (excludes halogenated alkanes) is 6. The van der Waals surface area contributed by atoms with Gasteiger partial charge in [-0.3, -0.25) is 4.90 Å². The minimum Gasteiger partial charge on any atom is -0.316 e. The Morgan fingerprint density at radius 3 is 2.00 bits per heavy atom. The van der Waals surface area contributed by atoms with E-state index >= 15 is 0 Å². The van der Waals surface area contributed by atoms with Crippen LogP contribution in [0.3, 0.4) is 0 Å². The molecule has 0 amide bonds. The SMILES string of the molecule is [CH2]CCCCCCCCC(N)N(C)C. The van der Waals surface area contributed by atoms with Crippen molar-refractivity contribution in [3.05, 3.63) is 6.92 Å². The average molecular weight is 199 g/mol. The Morgan fingerprint density at radius 1 is 1.00 bits per heavy atom. The molecule has 0 saturated carbocycles. The fourth-order valence-electron chi connectivity index (χ4n) is 1.50. The van der Waals surface area contributed by atoms with Gasteiger partial charge in [-0.25, -0.2) is 0 Å². The molecule has 0 aliphatic heterocycles. The molecule has 0 aromatic rings. The van der Waals surface area contributed by atoms with Crippen molar-refractivity contribution in [2.45, 2.75) is 57.5 Å². The third-order valence-corrected chi connectivity index (χ3v) is 2.66. The first kappa shape index (κ1) is 13.9. The summed E-state index contributed by atoms with van der Waals surface area (Å²) < 4.78 is 0. The van der Waals surface area contributed by atoms with Gasteiger partial charge in [-0.15, -0.1) is 0 Å². The summed E-state index contributed by atoms with van der Waals surface area (Å²) in [6.45, 7) is 3.84. The lowest BCUT2D eigenvalue weighted by atomic mass is 10.1. The van der Waals surface area contributed by atoms with Crippen LogP contribution in [0.25, 0.3) is 0 Å². The Bertz CT molecular complexity index is 113. The predicted octanol–water partition coefficient (Wildman–Crippen LogP) is 2.79. The van der Waals surface area contributed by atoms with Crippen LogP contribution in [0.4, 0.5) is 0 Å². The molecule has 14 heavy (non-hydrogen) atoms. The van der Waals surface area contributed by atoms with Crippen LogP contribution in [0.2, 0.25) is 0 Å². The molecule has 0 aromatic heterocycles. The number of nitrogens with two attached hydrogens (primary N) is 1. The summed E-state index contributed by atoms with van der Waals surface area (Å²) in [6.07, 6.45) is 10.4. The van der Waals surface area contributed by atoms with Crippen molar-refractivity contribution in [2.24, 2.45) is 5.73 Å². The van der Waals surface area contributed by atoms with Crippen LogP contribution < -0.4 is 5.73 Å². The minimum absolute atomic E-state index is 0.245. The van der Waals surface area contributed by atoms with Gasteiger partial charge in [0, 0.05) is 0 Å². The van der Waals surface area contributed by atoms with E-state index < -0.39 is 0 Å². The summed E-state index contributed by atoms with van der Waals surface area (Å²) in [5, 5.41) is 0. The first-order chi connectivity index (χ1) is 6.68. The van der Waals surface area contributed by atoms with E-state index in [9.17, 15) is 0 Å². The molecular weight excluding hydrogens is 172 g/mol. The van der Waals surface area contributed by atoms with E-state index in [0.717, 1.165) is 12.8 Å². The summed E-state index contributed by atoms with van der Waals surface area (Å²) in [5.74, 6) is 0. The Hall–Kier alpha value is -0.0800. The zero-order chi connectivity index (χ0) is 10.8. The van der Waals surface area contributed by atoms with Gasteiger partial charge in [0.25, 0.3) is 0 Å². The third kappa shape index (κ3) is 8.52. The summed E-state index contributed by atoms with van der Waals surface area (Å²) in [5.41, 5.74) is 5.90. The molecule has 0 aliphatic rings. The Kier molecular flexibility index (Phi) is 9.42. The van der Waals surface area contributed by atoms with Crippen LogP contribution in [0.5, 0.6) is 0 Å². The molecule has 1 unspecified atom stereocenters. The average Bonchev–Trinajstić information content (AvgIpc) is 2.16. The molecule has 85 valence electrons. The zero-order valence-corrected chi connectivity index (χ0v) is 9.97. The van der Waals surface area contributed by atoms with Crippen LogP contribution in [-0.4, -0.2) is 25.2 Å². The number of hydrogen-bond acceptors (Lipinski definition) is 2. The van der Waals surface area contributed by atoms with Gasteiger partial charge in [-0.2, -0.15) is 0 Å². The summed E-state index contributed by atoms with van der Waals surface area (Å²) in [4.78, 5) is 2.09. The van der Waals surface area contributed by atoms with E-state index in [1.54, 1.807) is 0 Å². The second-order valence-corrected chi connectivity index (χ2v) is 4.29. The maximum Gasteiger partial charge on any atom is 0.0566 e. The second kappa shape index (κ2) is 9.47. The highest BCUT2D eigenvalue weighted by atomic mass is 15.2. The van der Waals surface area contributed by atoms with Crippen molar-refractivity contribution >= 4 is 0 Å². The molecule has 1 atom stereocenters. The lowest BCUT2D eigenvalue weighted by Crippen LogP contribution is -2.35. The van der Waals surface area contributed by atoms with Gasteiger partial charge in [-0.1, -0.05) is 51.9 Å². The highest BCUT2D eigenvalue weighted by molar-refractivity contribution is 4.57. The molecule has 1 radical (unpaired) electrons. The van der Waals surface area contributed by atoms with Crippen LogP contribution >= 0.6 is 0 Å². The monoisotopic (exact) mass is 199 g/mol. The molecule has 2 nitrogen and oxygen atoms in total. The lowest BCUT2D eigenvalue weighted by Gasteiger charge is -2.19. The quantitative estimate of drug-likeness (QED) is 0.457. The molecular formula is C12H27N2. The van der Waals surface area contributed by atoms with Gasteiger partial charge < -0.3 is 5.73 Å². The van der Waals surface area contributed by atoms with Gasteiger partial charge in [0.15, 0.2) is 0 Å². The zero-order valence-electron chi connectivity index (χ0n) is 9.97. The van der Waals surface area contributed by atoms with E-state index in [1.807, 2.05) is 14.1 Å². The van der Waals surface area contributed by atoms with Crippen molar-refractivity contribution in [1.29, 1.82) is 0 Å². The summed E-state index contributed by atoms with van der Waals surface area (Å²) in [6, 6.07) is 0. The van der Waals surface area contributed by atoms with E-state index in [0.29, 0.717) is 0 Å². The molecule has 0 heterocycles. The molecule has 0 aliphatic carbocycles. The Labute approximate surface area is 89.9 Å². The van der Waals surface area contributed by atoms with E-state index in [1.165, 1.54) is 38.5 Å². The lowest BCUT2D eigenvalue weighted by molar-refractivity contribution is 0.278.